The number of hydrogen-bond donors (Lipinski definition) is 3. The van der Waals surface area contributed by atoms with Crippen molar-refractivity contribution in [3.63, 3.8) is 0 Å². The normalized spacial score (nSPS) is 22.4. The highest BCUT2D eigenvalue weighted by Crippen LogP contribution is 2.37. The summed E-state index contributed by atoms with van der Waals surface area (Å²) in [4.78, 5) is 38.4. The van der Waals surface area contributed by atoms with Gasteiger partial charge in [-0.05, 0) is 57.2 Å². The van der Waals surface area contributed by atoms with Crippen molar-refractivity contribution in [1.29, 1.82) is 0 Å². The van der Waals surface area contributed by atoms with Gasteiger partial charge in [-0.1, -0.05) is 36.4 Å². The van der Waals surface area contributed by atoms with E-state index in [1.54, 1.807) is 36.4 Å². The Balaban J connectivity index is 1.73. The number of aliphatic hydroxyl groups is 2. The topological polar surface area (TPSA) is 157 Å². The summed E-state index contributed by atoms with van der Waals surface area (Å²) in [5.41, 5.74) is 0. The number of para-hydroxylation sites is 1. The zero-order valence-corrected chi connectivity index (χ0v) is 23.1. The van der Waals surface area contributed by atoms with Crippen molar-refractivity contribution in [3.05, 3.63) is 64.8 Å². The molecule has 0 bridgehead atoms. The summed E-state index contributed by atoms with van der Waals surface area (Å²) in [7, 11) is 0. The SMILES string of the molecule is CC(CO[N+](=O)[O-])OC(=O)C(C)NC(=O)CCC/C=C\C[C@@H]1[C@@H](/C=C/C(F)(F)COc2ccccc2)[C@H](O)C[C@@H]1O. The van der Waals surface area contributed by atoms with E-state index in [0.717, 1.165) is 6.08 Å². The van der Waals surface area contributed by atoms with E-state index in [0.29, 0.717) is 25.0 Å². The Morgan fingerprint density at radius 3 is 2.59 bits per heavy atom. The molecule has 1 fully saturated rings. The van der Waals surface area contributed by atoms with E-state index in [1.165, 1.54) is 19.9 Å². The summed E-state index contributed by atoms with van der Waals surface area (Å²) in [6.45, 7) is 1.58. The van der Waals surface area contributed by atoms with Gasteiger partial charge in [0.05, 0.1) is 12.2 Å². The summed E-state index contributed by atoms with van der Waals surface area (Å²) < 4.78 is 38.8. The number of unbranched alkanes of at least 4 members (excludes halogenated alkanes) is 1. The van der Waals surface area contributed by atoms with Gasteiger partial charge < -0.3 is 29.8 Å². The molecule has 0 spiro atoms. The van der Waals surface area contributed by atoms with Crippen molar-refractivity contribution >= 4 is 11.9 Å². The average molecular weight is 585 g/mol. The fourth-order valence-electron chi connectivity index (χ4n) is 4.33. The Morgan fingerprint density at radius 2 is 1.90 bits per heavy atom. The maximum atomic E-state index is 14.4. The monoisotopic (exact) mass is 584 g/mol. The van der Waals surface area contributed by atoms with E-state index in [-0.39, 0.29) is 18.7 Å². The molecule has 0 radical (unpaired) electrons. The van der Waals surface area contributed by atoms with Gasteiger partial charge in [-0.15, -0.1) is 10.1 Å². The largest absolute Gasteiger partial charge is 0.487 e. The van der Waals surface area contributed by atoms with E-state index >= 15 is 0 Å². The number of rotatable bonds is 17. The quantitative estimate of drug-likeness (QED) is 0.0821. The molecule has 3 N–H and O–H groups in total. The highest BCUT2D eigenvalue weighted by atomic mass is 19.3. The first-order valence-electron chi connectivity index (χ1n) is 13.4. The zero-order valence-electron chi connectivity index (χ0n) is 23.1. The molecule has 228 valence electrons. The van der Waals surface area contributed by atoms with Crippen molar-refractivity contribution in [1.82, 2.24) is 5.32 Å². The molecule has 1 saturated carbocycles. The lowest BCUT2D eigenvalue weighted by Crippen LogP contribution is -2.41. The van der Waals surface area contributed by atoms with Crippen molar-refractivity contribution < 1.29 is 48.0 Å². The fraction of sp³-hybridized carbons (Fsp3) is 0.571. The molecule has 2 unspecified atom stereocenters. The van der Waals surface area contributed by atoms with Gasteiger partial charge >= 0.3 is 5.97 Å². The minimum Gasteiger partial charge on any atom is -0.487 e. The molecule has 0 aliphatic heterocycles. The Kier molecular flexibility index (Phi) is 13.6. The van der Waals surface area contributed by atoms with E-state index in [1.807, 2.05) is 6.08 Å². The number of allylic oxidation sites excluding steroid dienone is 2. The van der Waals surface area contributed by atoms with E-state index < -0.39 is 66.4 Å². The number of esters is 1. The number of alkyl halides is 2. The molecule has 11 nitrogen and oxygen atoms in total. The number of carbonyl (C=O) groups is 2. The van der Waals surface area contributed by atoms with Crippen molar-refractivity contribution in [2.75, 3.05) is 13.2 Å². The van der Waals surface area contributed by atoms with Crippen LogP contribution in [0.2, 0.25) is 0 Å². The molecule has 6 atom stereocenters. The summed E-state index contributed by atoms with van der Waals surface area (Å²) in [6, 6.07) is 7.30. The van der Waals surface area contributed by atoms with Crippen LogP contribution in [0.3, 0.4) is 0 Å². The van der Waals surface area contributed by atoms with Crippen LogP contribution < -0.4 is 10.1 Å². The second kappa shape index (κ2) is 16.6. The number of nitrogens with zero attached hydrogens (tertiary/aromatic N) is 1. The summed E-state index contributed by atoms with van der Waals surface area (Å²) in [5.74, 6) is -5.17. The average Bonchev–Trinajstić information content (AvgIpc) is 3.19. The van der Waals surface area contributed by atoms with Gasteiger partial charge in [0.25, 0.3) is 11.0 Å². The number of amides is 1. The van der Waals surface area contributed by atoms with Crippen molar-refractivity contribution in [3.8, 4) is 5.75 Å². The number of carbonyl (C=O) groups excluding carboxylic acids is 2. The first-order chi connectivity index (χ1) is 19.4. The lowest BCUT2D eigenvalue weighted by atomic mass is 9.89. The minimum absolute atomic E-state index is 0.0852. The number of nitrogens with one attached hydrogen (secondary N) is 1. The molecule has 1 aliphatic carbocycles. The van der Waals surface area contributed by atoms with Gasteiger partial charge in [0.1, 0.15) is 24.5 Å². The Labute approximate surface area is 237 Å². The molecule has 0 heterocycles. The first kappa shape index (κ1) is 33.6. The molecule has 0 aromatic heterocycles. The zero-order chi connectivity index (χ0) is 30.4. The molecule has 41 heavy (non-hydrogen) atoms. The lowest BCUT2D eigenvalue weighted by Gasteiger charge is -2.20. The fourth-order valence-corrected chi connectivity index (χ4v) is 4.33. The third-order valence-corrected chi connectivity index (χ3v) is 6.47. The molecule has 1 aliphatic rings. The van der Waals surface area contributed by atoms with Gasteiger partial charge in [-0.25, -0.2) is 4.79 Å². The van der Waals surface area contributed by atoms with E-state index in [9.17, 15) is 38.7 Å². The Hall–Kier alpha value is -3.58. The van der Waals surface area contributed by atoms with E-state index in [4.69, 9.17) is 9.47 Å². The maximum absolute atomic E-state index is 14.4. The molecular formula is C28H38F2N2O9. The molecule has 1 aromatic rings. The van der Waals surface area contributed by atoms with Crippen LogP contribution in [0, 0.1) is 22.0 Å². The van der Waals surface area contributed by atoms with Crippen LogP contribution in [0.4, 0.5) is 8.78 Å². The molecule has 2 rings (SSSR count). The van der Waals surface area contributed by atoms with E-state index in [2.05, 4.69) is 10.2 Å². The van der Waals surface area contributed by atoms with Crippen LogP contribution in [0.1, 0.15) is 46.0 Å². The van der Waals surface area contributed by atoms with Gasteiger partial charge in [0.2, 0.25) is 5.91 Å². The van der Waals surface area contributed by atoms with Crippen molar-refractivity contribution in [2.45, 2.75) is 76.2 Å². The second-order valence-electron chi connectivity index (χ2n) is 9.99. The minimum atomic E-state index is -3.26. The van der Waals surface area contributed by atoms with Gasteiger partial charge in [-0.3, -0.25) is 4.79 Å². The van der Waals surface area contributed by atoms with Crippen molar-refractivity contribution in [2.24, 2.45) is 11.8 Å². The number of hydrogen-bond acceptors (Lipinski definition) is 9. The van der Waals surface area contributed by atoms with Gasteiger partial charge in [0, 0.05) is 18.8 Å². The van der Waals surface area contributed by atoms with Crippen LogP contribution in [0.5, 0.6) is 5.75 Å². The summed E-state index contributed by atoms with van der Waals surface area (Å²) in [6.07, 6.45) is 4.44. The second-order valence-corrected chi connectivity index (χ2v) is 9.99. The third-order valence-electron chi connectivity index (χ3n) is 6.47. The van der Waals surface area contributed by atoms with Crippen LogP contribution in [0.25, 0.3) is 0 Å². The highest BCUT2D eigenvalue weighted by molar-refractivity contribution is 5.84. The number of ether oxygens (including phenoxy) is 2. The molecular weight excluding hydrogens is 546 g/mol. The van der Waals surface area contributed by atoms with Crippen LogP contribution in [-0.4, -0.2) is 70.7 Å². The molecule has 1 aromatic carbocycles. The molecule has 13 heteroatoms. The highest BCUT2D eigenvalue weighted by Gasteiger charge is 2.40. The van der Waals surface area contributed by atoms with Crippen LogP contribution in [-0.2, 0) is 19.2 Å². The smallest absolute Gasteiger partial charge is 0.328 e. The lowest BCUT2D eigenvalue weighted by molar-refractivity contribution is -0.759. The Bertz CT molecular complexity index is 1040. The summed E-state index contributed by atoms with van der Waals surface area (Å²) >= 11 is 0. The Morgan fingerprint density at radius 1 is 1.20 bits per heavy atom. The standard InChI is InChI=1S/C28H38F2N2O9/c1-19(17-40-32(37)38)41-27(36)20(2)31-26(35)13-9-4-3-8-12-22-23(25(34)16-24(22)33)14-15-28(29,30)18-39-21-10-6-5-7-11-21/h3,5-8,10-11,14-15,19-20,22-25,33-34H,4,9,12-13,16-18H2,1-2H3,(H,31,35)/b8-3-,15-14+/t19?,20?,22-,23-,24+,25-/m1/s1. The number of halogens is 2. The number of aliphatic hydroxyl groups excluding tert-OH is 2. The molecule has 1 amide bonds. The van der Waals surface area contributed by atoms with Crippen LogP contribution >= 0.6 is 0 Å². The predicted molar refractivity (Wildman–Crippen MR) is 143 cm³/mol. The number of benzene rings is 1. The first-order valence-corrected chi connectivity index (χ1v) is 13.4. The van der Waals surface area contributed by atoms with Gasteiger partial charge in [0.15, 0.2) is 6.61 Å². The van der Waals surface area contributed by atoms with Gasteiger partial charge in [-0.2, -0.15) is 8.78 Å². The van der Waals surface area contributed by atoms with Crippen LogP contribution in [0.15, 0.2) is 54.6 Å². The predicted octanol–water partition coefficient (Wildman–Crippen LogP) is 3.38. The summed E-state index contributed by atoms with van der Waals surface area (Å²) in [5, 5.41) is 32.4. The third kappa shape index (κ3) is 12.6. The maximum Gasteiger partial charge on any atom is 0.328 e. The molecule has 0 saturated heterocycles.